The molecular weight excluding hydrogens is 501 g/mol. The van der Waals surface area contributed by atoms with Crippen molar-refractivity contribution < 1.29 is 28.1 Å². The van der Waals surface area contributed by atoms with E-state index in [0.717, 1.165) is 11.1 Å². The molecule has 4 atom stereocenters. The average Bonchev–Trinajstić information content (AvgIpc) is 3.41. The van der Waals surface area contributed by atoms with Crippen LogP contribution in [-0.4, -0.2) is 45.4 Å². The number of carbonyl (C=O) groups excluding carboxylic acids is 1. The van der Waals surface area contributed by atoms with Crippen molar-refractivity contribution in [3.8, 4) is 0 Å². The lowest BCUT2D eigenvalue weighted by Gasteiger charge is -2.24. The standard InChI is InChI=1S/C27H25ClFN3O5/c1-17(33)36-24-23(35-14-19-10-6-3-7-11-19)21(15-34-13-18-8-4-2-5-9-18)37-27(24)32-12-20(29)22-25(28)30-16-31-26(22)32/h2-12,16,21,23-24,27H,13-15H2,1H3/t21-,23-,24-,27-/m1/s1. The quantitative estimate of drug-likeness (QED) is 0.228. The third-order valence-electron chi connectivity index (χ3n) is 6.06. The molecule has 0 unspecified atom stereocenters. The van der Waals surface area contributed by atoms with Crippen molar-refractivity contribution >= 4 is 28.6 Å². The van der Waals surface area contributed by atoms with Crippen LogP contribution in [0.4, 0.5) is 4.39 Å². The van der Waals surface area contributed by atoms with Gasteiger partial charge in [-0.15, -0.1) is 0 Å². The first-order chi connectivity index (χ1) is 18.0. The van der Waals surface area contributed by atoms with Crippen LogP contribution in [0.3, 0.4) is 0 Å². The molecule has 0 spiro atoms. The molecule has 0 aliphatic carbocycles. The Kier molecular flexibility index (Phi) is 7.76. The minimum absolute atomic E-state index is 0.0251. The lowest BCUT2D eigenvalue weighted by Crippen LogP contribution is -2.39. The normalized spacial score (nSPS) is 21.4. The van der Waals surface area contributed by atoms with Gasteiger partial charge in [0.25, 0.3) is 0 Å². The van der Waals surface area contributed by atoms with E-state index in [1.54, 1.807) is 0 Å². The van der Waals surface area contributed by atoms with E-state index in [2.05, 4.69) is 9.97 Å². The Hall–Kier alpha value is -3.37. The van der Waals surface area contributed by atoms with E-state index in [1.807, 2.05) is 60.7 Å². The first-order valence-corrected chi connectivity index (χ1v) is 12.2. The summed E-state index contributed by atoms with van der Waals surface area (Å²) in [6, 6.07) is 19.3. The first-order valence-electron chi connectivity index (χ1n) is 11.8. The van der Waals surface area contributed by atoms with Crippen LogP contribution < -0.4 is 0 Å². The molecule has 2 aromatic heterocycles. The zero-order valence-corrected chi connectivity index (χ0v) is 20.8. The largest absolute Gasteiger partial charge is 0.455 e. The lowest BCUT2D eigenvalue weighted by molar-refractivity contribution is -0.158. The number of benzene rings is 2. The smallest absolute Gasteiger partial charge is 0.303 e. The molecule has 192 valence electrons. The van der Waals surface area contributed by atoms with Gasteiger partial charge in [0.1, 0.15) is 29.3 Å². The molecule has 8 nitrogen and oxygen atoms in total. The molecule has 0 radical (unpaired) electrons. The summed E-state index contributed by atoms with van der Waals surface area (Å²) in [4.78, 5) is 20.2. The number of esters is 1. The van der Waals surface area contributed by atoms with Crippen molar-refractivity contribution in [2.24, 2.45) is 0 Å². The van der Waals surface area contributed by atoms with Crippen LogP contribution in [0.2, 0.25) is 5.15 Å². The topological polar surface area (TPSA) is 84.7 Å². The highest BCUT2D eigenvalue weighted by molar-refractivity contribution is 6.34. The number of aromatic nitrogens is 3. The van der Waals surface area contributed by atoms with Crippen molar-refractivity contribution in [2.75, 3.05) is 6.61 Å². The highest BCUT2D eigenvalue weighted by Crippen LogP contribution is 2.38. The molecule has 4 aromatic rings. The summed E-state index contributed by atoms with van der Waals surface area (Å²) in [5, 5.41) is 0.0304. The number of fused-ring (bicyclic) bond motifs is 1. The molecule has 1 aliphatic heterocycles. The Labute approximate surface area is 217 Å². The molecule has 5 rings (SSSR count). The zero-order valence-electron chi connectivity index (χ0n) is 20.0. The van der Waals surface area contributed by atoms with E-state index < -0.39 is 36.3 Å². The van der Waals surface area contributed by atoms with Gasteiger partial charge in [0, 0.05) is 13.1 Å². The van der Waals surface area contributed by atoms with Crippen molar-refractivity contribution in [2.45, 2.75) is 44.7 Å². The Balaban J connectivity index is 1.45. The number of hydrogen-bond acceptors (Lipinski definition) is 7. The van der Waals surface area contributed by atoms with Crippen molar-refractivity contribution in [1.82, 2.24) is 14.5 Å². The van der Waals surface area contributed by atoms with Crippen LogP contribution >= 0.6 is 11.6 Å². The second kappa shape index (κ2) is 11.4. The summed E-state index contributed by atoms with van der Waals surface area (Å²) in [7, 11) is 0. The van der Waals surface area contributed by atoms with Gasteiger partial charge >= 0.3 is 5.97 Å². The van der Waals surface area contributed by atoms with Crippen molar-refractivity contribution in [3.05, 3.63) is 95.3 Å². The number of ether oxygens (including phenoxy) is 4. The number of carbonyl (C=O) groups is 1. The van der Waals surface area contributed by atoms with Gasteiger partial charge in [-0.2, -0.15) is 0 Å². The van der Waals surface area contributed by atoms with Gasteiger partial charge in [0.15, 0.2) is 18.1 Å². The van der Waals surface area contributed by atoms with Crippen LogP contribution in [0.25, 0.3) is 11.0 Å². The minimum atomic E-state index is -0.937. The molecule has 0 N–H and O–H groups in total. The third kappa shape index (κ3) is 5.65. The molecular formula is C27H25ClFN3O5. The molecule has 2 aromatic carbocycles. The molecule has 1 aliphatic rings. The van der Waals surface area contributed by atoms with Crippen LogP contribution in [0.1, 0.15) is 24.3 Å². The van der Waals surface area contributed by atoms with Gasteiger partial charge in [-0.05, 0) is 11.1 Å². The monoisotopic (exact) mass is 525 g/mol. The maximum Gasteiger partial charge on any atom is 0.303 e. The lowest BCUT2D eigenvalue weighted by atomic mass is 10.1. The molecule has 1 fully saturated rings. The SMILES string of the molecule is CC(=O)O[C@@H]1[C@H](OCc2ccccc2)[C@@H](COCc2ccccc2)O[C@H]1n1cc(F)c2c(Cl)ncnc21. The molecule has 0 amide bonds. The summed E-state index contributed by atoms with van der Waals surface area (Å²) in [6.45, 7) is 2.07. The van der Waals surface area contributed by atoms with Gasteiger partial charge < -0.3 is 18.9 Å². The van der Waals surface area contributed by atoms with Gasteiger partial charge in [-0.1, -0.05) is 72.3 Å². The highest BCUT2D eigenvalue weighted by atomic mass is 35.5. The van der Waals surface area contributed by atoms with Crippen molar-refractivity contribution in [1.29, 1.82) is 0 Å². The molecule has 10 heteroatoms. The van der Waals surface area contributed by atoms with Gasteiger partial charge in [-0.25, -0.2) is 14.4 Å². The van der Waals surface area contributed by atoms with E-state index in [-0.39, 0.29) is 29.4 Å². The van der Waals surface area contributed by atoms with E-state index in [4.69, 9.17) is 30.5 Å². The summed E-state index contributed by atoms with van der Waals surface area (Å²) in [5.74, 6) is -1.14. The molecule has 37 heavy (non-hydrogen) atoms. The third-order valence-corrected chi connectivity index (χ3v) is 6.34. The number of rotatable bonds is 9. The van der Waals surface area contributed by atoms with Crippen molar-refractivity contribution in [3.63, 3.8) is 0 Å². The van der Waals surface area contributed by atoms with E-state index in [9.17, 15) is 9.18 Å². The Bertz CT molecular complexity index is 1350. The summed E-state index contributed by atoms with van der Waals surface area (Å²) in [6.07, 6.45) is -0.723. The second-order valence-electron chi connectivity index (χ2n) is 8.65. The summed E-state index contributed by atoms with van der Waals surface area (Å²) < 4.78 is 40.6. The van der Waals surface area contributed by atoms with Gasteiger partial charge in [0.2, 0.25) is 0 Å². The van der Waals surface area contributed by atoms with Crippen LogP contribution in [0, 0.1) is 5.82 Å². The summed E-state index contributed by atoms with van der Waals surface area (Å²) in [5.41, 5.74) is 2.15. The fourth-order valence-corrected chi connectivity index (χ4v) is 4.64. The van der Waals surface area contributed by atoms with Gasteiger partial charge in [0.05, 0.1) is 25.2 Å². The van der Waals surface area contributed by atoms with Gasteiger partial charge in [-0.3, -0.25) is 9.36 Å². The zero-order chi connectivity index (χ0) is 25.8. The summed E-state index contributed by atoms with van der Waals surface area (Å²) >= 11 is 6.13. The number of nitrogens with zero attached hydrogens (tertiary/aromatic N) is 3. The highest BCUT2D eigenvalue weighted by Gasteiger charge is 2.49. The van der Waals surface area contributed by atoms with Crippen LogP contribution in [-0.2, 0) is 37.0 Å². The van der Waals surface area contributed by atoms with E-state index in [1.165, 1.54) is 24.0 Å². The first kappa shape index (κ1) is 25.3. The maximum atomic E-state index is 14.9. The van der Waals surface area contributed by atoms with Crippen LogP contribution in [0.15, 0.2) is 73.2 Å². The van der Waals surface area contributed by atoms with E-state index in [0.29, 0.717) is 6.61 Å². The predicted molar refractivity (Wildman–Crippen MR) is 133 cm³/mol. The van der Waals surface area contributed by atoms with E-state index >= 15 is 0 Å². The fourth-order valence-electron chi connectivity index (χ4n) is 4.42. The average molecular weight is 526 g/mol. The molecule has 0 saturated carbocycles. The molecule has 0 bridgehead atoms. The Morgan fingerprint density at radius 3 is 2.38 bits per heavy atom. The Morgan fingerprint density at radius 2 is 1.70 bits per heavy atom. The second-order valence-corrected chi connectivity index (χ2v) is 9.01. The van der Waals surface area contributed by atoms with Crippen LogP contribution in [0.5, 0.6) is 0 Å². The maximum absolute atomic E-state index is 14.9. The predicted octanol–water partition coefficient (Wildman–Crippen LogP) is 4.86. The number of halogens is 2. The minimum Gasteiger partial charge on any atom is -0.455 e. The molecule has 1 saturated heterocycles. The fraction of sp³-hybridized carbons (Fsp3) is 0.296. The Morgan fingerprint density at radius 1 is 1.03 bits per heavy atom. The molecule has 3 heterocycles. The number of hydrogen-bond donors (Lipinski definition) is 0.